The van der Waals surface area contributed by atoms with Crippen LogP contribution in [0.2, 0.25) is 0 Å². The lowest BCUT2D eigenvalue weighted by atomic mass is 9.62. The van der Waals surface area contributed by atoms with Crippen LogP contribution in [-0.4, -0.2) is 5.78 Å². The van der Waals surface area contributed by atoms with E-state index in [4.69, 9.17) is 0 Å². The molecule has 25 heavy (non-hydrogen) atoms. The van der Waals surface area contributed by atoms with Crippen molar-refractivity contribution in [2.24, 2.45) is 17.8 Å². The van der Waals surface area contributed by atoms with Crippen molar-refractivity contribution in [2.45, 2.75) is 51.4 Å². The Morgan fingerprint density at radius 3 is 2.68 bits per heavy atom. The molecule has 2 bridgehead atoms. The fraction of sp³-hybridized carbons (Fsp3) is 0.458. The van der Waals surface area contributed by atoms with Crippen molar-refractivity contribution in [3.8, 4) is 0 Å². The number of carbonyl (C=O) groups excluding carboxylic acids is 1. The number of fused-ring (bicyclic) bond motifs is 6. The Bertz CT molecular complexity index is 904. The highest BCUT2D eigenvalue weighted by molar-refractivity contribution is 5.96. The van der Waals surface area contributed by atoms with E-state index in [-0.39, 0.29) is 5.41 Å². The first kappa shape index (κ1) is 15.4. The van der Waals surface area contributed by atoms with E-state index in [0.29, 0.717) is 23.5 Å². The molecule has 128 valence electrons. The highest BCUT2D eigenvalue weighted by atomic mass is 16.1. The summed E-state index contributed by atoms with van der Waals surface area (Å²) < 4.78 is 0. The Morgan fingerprint density at radius 1 is 1.08 bits per heavy atom. The molecule has 3 atom stereocenters. The van der Waals surface area contributed by atoms with Gasteiger partial charge in [0.2, 0.25) is 0 Å². The quantitative estimate of drug-likeness (QED) is 0.675. The van der Waals surface area contributed by atoms with Gasteiger partial charge in [0.05, 0.1) is 5.41 Å². The maximum absolute atomic E-state index is 13.0. The van der Waals surface area contributed by atoms with Crippen molar-refractivity contribution in [3.63, 3.8) is 0 Å². The average Bonchev–Trinajstić information content (AvgIpc) is 3.19. The van der Waals surface area contributed by atoms with Gasteiger partial charge in [-0.15, -0.1) is 0 Å². The van der Waals surface area contributed by atoms with Crippen molar-refractivity contribution < 1.29 is 4.79 Å². The molecule has 1 saturated carbocycles. The van der Waals surface area contributed by atoms with Crippen LogP contribution in [0.1, 0.15) is 49.8 Å². The van der Waals surface area contributed by atoms with Crippen LogP contribution in [0.15, 0.2) is 42.5 Å². The number of hydrogen-bond donors (Lipinski definition) is 0. The lowest BCUT2D eigenvalue weighted by Gasteiger charge is -2.39. The number of benzene rings is 2. The summed E-state index contributed by atoms with van der Waals surface area (Å²) >= 11 is 0. The molecular weight excluding hydrogens is 304 g/mol. The molecule has 0 amide bonds. The molecule has 2 aromatic carbocycles. The second-order valence-corrected chi connectivity index (χ2v) is 8.87. The Labute approximate surface area is 150 Å². The van der Waals surface area contributed by atoms with E-state index in [0.717, 1.165) is 25.7 Å². The Morgan fingerprint density at radius 2 is 1.96 bits per heavy atom. The third-order valence-electron chi connectivity index (χ3n) is 6.76. The van der Waals surface area contributed by atoms with Crippen LogP contribution in [0.25, 0.3) is 10.8 Å². The summed E-state index contributed by atoms with van der Waals surface area (Å²) in [4.78, 5) is 13.0. The van der Waals surface area contributed by atoms with Gasteiger partial charge in [-0.2, -0.15) is 0 Å². The fourth-order valence-corrected chi connectivity index (χ4v) is 5.72. The first-order valence-electron chi connectivity index (χ1n) is 9.84. The first-order valence-corrected chi connectivity index (χ1v) is 9.84. The van der Waals surface area contributed by atoms with Gasteiger partial charge in [0.15, 0.2) is 0 Å². The maximum atomic E-state index is 13.0. The maximum Gasteiger partial charge on any atom is 0.144 e. The largest absolute Gasteiger partial charge is 0.299 e. The normalized spacial score (nSPS) is 30.0. The van der Waals surface area contributed by atoms with Crippen LogP contribution < -0.4 is 0 Å². The third-order valence-corrected chi connectivity index (χ3v) is 6.76. The zero-order valence-electron chi connectivity index (χ0n) is 15.2. The van der Waals surface area contributed by atoms with Crippen molar-refractivity contribution >= 4 is 16.6 Å². The molecule has 5 rings (SSSR count). The fourth-order valence-electron chi connectivity index (χ4n) is 5.72. The van der Waals surface area contributed by atoms with E-state index >= 15 is 0 Å². The van der Waals surface area contributed by atoms with Crippen LogP contribution in [0.4, 0.5) is 0 Å². The molecule has 0 saturated heterocycles. The number of rotatable bonds is 2. The summed E-state index contributed by atoms with van der Waals surface area (Å²) in [5.41, 5.74) is 3.99. The van der Waals surface area contributed by atoms with E-state index in [9.17, 15) is 4.79 Å². The van der Waals surface area contributed by atoms with E-state index < -0.39 is 0 Å². The number of allylic oxidation sites excluding steroid dienone is 2. The lowest BCUT2D eigenvalue weighted by molar-refractivity contribution is -0.126. The minimum absolute atomic E-state index is 0.211. The summed E-state index contributed by atoms with van der Waals surface area (Å²) in [7, 11) is 0. The zero-order valence-corrected chi connectivity index (χ0v) is 15.2. The third kappa shape index (κ3) is 2.18. The molecule has 3 unspecified atom stereocenters. The Kier molecular flexibility index (Phi) is 3.26. The second kappa shape index (κ2) is 5.30. The molecule has 1 fully saturated rings. The molecule has 1 heteroatoms. The van der Waals surface area contributed by atoms with Gasteiger partial charge in [0.1, 0.15) is 5.78 Å². The molecule has 0 aromatic heterocycles. The molecule has 1 nitrogen and oxygen atoms in total. The minimum Gasteiger partial charge on any atom is -0.299 e. The average molecular weight is 330 g/mol. The van der Waals surface area contributed by atoms with Gasteiger partial charge < -0.3 is 0 Å². The predicted molar refractivity (Wildman–Crippen MR) is 103 cm³/mol. The number of ketones is 1. The van der Waals surface area contributed by atoms with Crippen LogP contribution in [-0.2, 0) is 23.1 Å². The highest BCUT2D eigenvalue weighted by Gasteiger charge is 2.55. The van der Waals surface area contributed by atoms with Gasteiger partial charge in [-0.1, -0.05) is 50.3 Å². The molecule has 0 aliphatic heterocycles. The molecule has 0 radical (unpaired) electrons. The van der Waals surface area contributed by atoms with Crippen molar-refractivity contribution in [2.75, 3.05) is 0 Å². The molecule has 2 aromatic rings. The van der Waals surface area contributed by atoms with Crippen LogP contribution >= 0.6 is 0 Å². The van der Waals surface area contributed by atoms with Crippen molar-refractivity contribution in [3.05, 3.63) is 59.2 Å². The lowest BCUT2D eigenvalue weighted by Crippen LogP contribution is -2.43. The molecular formula is C24H26O. The Balaban J connectivity index is 1.66. The van der Waals surface area contributed by atoms with Gasteiger partial charge in [0.25, 0.3) is 0 Å². The summed E-state index contributed by atoms with van der Waals surface area (Å²) in [6.07, 6.45) is 9.66. The highest BCUT2D eigenvalue weighted by Crippen LogP contribution is 2.57. The first-order chi connectivity index (χ1) is 12.1. The topological polar surface area (TPSA) is 17.1 Å². The van der Waals surface area contributed by atoms with Crippen molar-refractivity contribution in [1.82, 2.24) is 0 Å². The smallest absolute Gasteiger partial charge is 0.144 e. The van der Waals surface area contributed by atoms with E-state index in [1.54, 1.807) is 0 Å². The predicted octanol–water partition coefficient (Wildman–Crippen LogP) is 5.39. The number of aryl methyl sites for hydroxylation is 1. The molecule has 1 spiro atoms. The molecule has 0 N–H and O–H groups in total. The SMILES string of the molecule is CC(C)Cc1ccc2cc3c(cc2c1)CCC(=O)C31CC2C=CC1C2. The van der Waals surface area contributed by atoms with Crippen molar-refractivity contribution in [1.29, 1.82) is 0 Å². The van der Waals surface area contributed by atoms with Gasteiger partial charge in [-0.25, -0.2) is 0 Å². The summed E-state index contributed by atoms with van der Waals surface area (Å²) in [5, 5.41) is 2.65. The number of Topliss-reactive ketones (excluding diaryl/α,β-unsaturated/α-hetero) is 1. The van der Waals surface area contributed by atoms with Gasteiger partial charge >= 0.3 is 0 Å². The van der Waals surface area contributed by atoms with Gasteiger partial charge in [-0.05, 0) is 77.0 Å². The number of hydrogen-bond acceptors (Lipinski definition) is 1. The molecule has 0 heterocycles. The van der Waals surface area contributed by atoms with Crippen LogP contribution in [0, 0.1) is 17.8 Å². The summed E-state index contributed by atoms with van der Waals surface area (Å²) in [6, 6.07) is 11.6. The van der Waals surface area contributed by atoms with E-state index in [1.165, 1.54) is 33.9 Å². The summed E-state index contributed by atoms with van der Waals surface area (Å²) in [5.74, 6) is 2.22. The Hall–Kier alpha value is -1.89. The van der Waals surface area contributed by atoms with Crippen LogP contribution in [0.5, 0.6) is 0 Å². The molecule has 3 aliphatic rings. The van der Waals surface area contributed by atoms with E-state index in [1.807, 2.05) is 0 Å². The monoisotopic (exact) mass is 330 g/mol. The van der Waals surface area contributed by atoms with Crippen LogP contribution in [0.3, 0.4) is 0 Å². The standard InChI is InChI=1S/C24H26O/c1-15(2)9-16-3-5-18-13-22-19(12-20(18)10-16)6-8-23(25)24(22)14-17-4-7-21(24)11-17/h3-5,7,10,12-13,15,17,21H,6,8-9,11,14H2,1-2H3. The minimum atomic E-state index is -0.211. The van der Waals surface area contributed by atoms with Gasteiger partial charge in [-0.3, -0.25) is 4.79 Å². The zero-order chi connectivity index (χ0) is 17.2. The number of carbonyl (C=O) groups is 1. The van der Waals surface area contributed by atoms with Gasteiger partial charge in [0, 0.05) is 6.42 Å². The summed E-state index contributed by atoms with van der Waals surface area (Å²) in [6.45, 7) is 4.55. The second-order valence-electron chi connectivity index (χ2n) is 8.87. The van der Waals surface area contributed by atoms with E-state index in [2.05, 4.69) is 56.3 Å². The molecule has 3 aliphatic carbocycles.